The van der Waals surface area contributed by atoms with Crippen LogP contribution in [0.1, 0.15) is 18.3 Å². The first-order valence-corrected chi connectivity index (χ1v) is 9.77. The fourth-order valence-corrected chi connectivity index (χ4v) is 4.76. The molecule has 2 aliphatic rings. The number of aryl methyl sites for hydroxylation is 1. The number of hydrogen-bond donors (Lipinski definition) is 0. The van der Waals surface area contributed by atoms with Gasteiger partial charge in [-0.3, -0.25) is 9.88 Å². The van der Waals surface area contributed by atoms with E-state index in [-0.39, 0.29) is 5.41 Å². The number of aromatic nitrogens is 1. The first-order chi connectivity index (χ1) is 9.81. The second-order valence-electron chi connectivity index (χ2n) is 6.26. The van der Waals surface area contributed by atoms with E-state index in [9.17, 15) is 8.42 Å². The van der Waals surface area contributed by atoms with Crippen LogP contribution in [0.2, 0.25) is 0 Å². The maximum Gasteiger partial charge on any atom is 0.211 e. The second-order valence-corrected chi connectivity index (χ2v) is 9.10. The van der Waals surface area contributed by atoms with E-state index in [2.05, 4.69) is 44.9 Å². The lowest BCUT2D eigenvalue weighted by Crippen LogP contribution is -2.72. The third kappa shape index (κ3) is 3.02. The molecule has 0 N–H and O–H groups in total. The van der Waals surface area contributed by atoms with Crippen LogP contribution in [0.3, 0.4) is 0 Å². The van der Waals surface area contributed by atoms with Crippen molar-refractivity contribution in [2.75, 3.05) is 32.4 Å². The summed E-state index contributed by atoms with van der Waals surface area (Å²) in [5.74, 6) is 0. The Morgan fingerprint density at radius 1 is 1.29 bits per heavy atom. The number of nitrogens with zero attached hydrogens (tertiary/aromatic N) is 3. The van der Waals surface area contributed by atoms with Gasteiger partial charge in [0.25, 0.3) is 0 Å². The van der Waals surface area contributed by atoms with Gasteiger partial charge in [-0.1, -0.05) is 6.92 Å². The summed E-state index contributed by atoms with van der Waals surface area (Å²) in [5, 5.41) is 0. The molecule has 21 heavy (non-hydrogen) atoms. The summed E-state index contributed by atoms with van der Waals surface area (Å²) in [4.78, 5) is 7.01. The van der Waals surface area contributed by atoms with Crippen molar-refractivity contribution in [3.8, 4) is 0 Å². The van der Waals surface area contributed by atoms with Gasteiger partial charge in [0.05, 0.1) is 17.6 Å². The maximum atomic E-state index is 11.4. The molecule has 116 valence electrons. The predicted molar refractivity (Wildman–Crippen MR) is 85.4 cm³/mol. The molecule has 3 heterocycles. The molecule has 1 spiro atoms. The van der Waals surface area contributed by atoms with Gasteiger partial charge in [0, 0.05) is 42.6 Å². The minimum Gasteiger partial charge on any atom is -0.296 e. The van der Waals surface area contributed by atoms with Crippen molar-refractivity contribution in [2.45, 2.75) is 19.9 Å². The molecular formula is C14H20BrN3O2S. The Morgan fingerprint density at radius 2 is 1.95 bits per heavy atom. The molecule has 0 bridgehead atoms. The van der Waals surface area contributed by atoms with Crippen molar-refractivity contribution in [3.05, 3.63) is 28.0 Å². The lowest BCUT2D eigenvalue weighted by molar-refractivity contribution is -0.0849. The van der Waals surface area contributed by atoms with E-state index in [1.807, 2.05) is 0 Å². The molecule has 2 fully saturated rings. The van der Waals surface area contributed by atoms with E-state index in [0.29, 0.717) is 13.1 Å². The zero-order valence-electron chi connectivity index (χ0n) is 12.3. The fraction of sp³-hybridized carbons (Fsp3) is 0.643. The molecule has 3 rings (SSSR count). The van der Waals surface area contributed by atoms with E-state index in [0.717, 1.165) is 41.9 Å². The quantitative estimate of drug-likeness (QED) is 0.801. The van der Waals surface area contributed by atoms with Gasteiger partial charge in [0.1, 0.15) is 0 Å². The van der Waals surface area contributed by atoms with Crippen LogP contribution in [0, 0.1) is 5.41 Å². The van der Waals surface area contributed by atoms with E-state index in [4.69, 9.17) is 0 Å². The second kappa shape index (κ2) is 5.30. The first-order valence-electron chi connectivity index (χ1n) is 7.13. The monoisotopic (exact) mass is 373 g/mol. The molecule has 2 saturated heterocycles. The van der Waals surface area contributed by atoms with Crippen molar-refractivity contribution in [3.63, 3.8) is 0 Å². The molecule has 7 heteroatoms. The first kappa shape index (κ1) is 15.4. The van der Waals surface area contributed by atoms with E-state index >= 15 is 0 Å². The fourth-order valence-electron chi connectivity index (χ4n) is 3.25. The van der Waals surface area contributed by atoms with Crippen molar-refractivity contribution < 1.29 is 8.42 Å². The number of likely N-dealkylation sites (tertiary alicyclic amines) is 1. The molecular weight excluding hydrogens is 354 g/mol. The summed E-state index contributed by atoms with van der Waals surface area (Å²) in [5.41, 5.74) is 2.38. The van der Waals surface area contributed by atoms with E-state index in [1.165, 1.54) is 6.26 Å². The smallest absolute Gasteiger partial charge is 0.211 e. The molecule has 0 aromatic carbocycles. The highest BCUT2D eigenvalue weighted by Crippen LogP contribution is 2.41. The Bertz CT molecular complexity index is 648. The Kier molecular flexibility index (Phi) is 3.88. The molecule has 0 saturated carbocycles. The zero-order chi connectivity index (χ0) is 15.3. The predicted octanol–water partition coefficient (Wildman–Crippen LogP) is 1.48. The van der Waals surface area contributed by atoms with Gasteiger partial charge < -0.3 is 0 Å². The largest absolute Gasteiger partial charge is 0.296 e. The van der Waals surface area contributed by atoms with Gasteiger partial charge in [0.2, 0.25) is 10.0 Å². The molecule has 1 aromatic rings. The number of sulfonamides is 1. The van der Waals surface area contributed by atoms with Crippen molar-refractivity contribution >= 4 is 26.0 Å². The van der Waals surface area contributed by atoms with Crippen LogP contribution in [0.15, 0.2) is 16.6 Å². The average molecular weight is 374 g/mol. The lowest BCUT2D eigenvalue weighted by Gasteiger charge is -2.59. The standard InChI is InChI=1S/C14H20BrN3O2S/c1-3-13-12(15)5-4-11(16-13)6-17-7-14(8-17)9-18(10-14)21(2,19)20/h4-5H,3,6-10H2,1-2H3. The van der Waals surface area contributed by atoms with Gasteiger partial charge in [-0.05, 0) is 34.5 Å². The zero-order valence-corrected chi connectivity index (χ0v) is 14.7. The van der Waals surface area contributed by atoms with Crippen LogP contribution < -0.4 is 0 Å². The maximum absolute atomic E-state index is 11.4. The number of hydrogen-bond acceptors (Lipinski definition) is 4. The van der Waals surface area contributed by atoms with Gasteiger partial charge in [0.15, 0.2) is 0 Å². The summed E-state index contributed by atoms with van der Waals surface area (Å²) in [6, 6.07) is 4.11. The molecule has 1 aromatic heterocycles. The molecule has 0 unspecified atom stereocenters. The molecule has 2 aliphatic heterocycles. The molecule has 0 radical (unpaired) electrons. The van der Waals surface area contributed by atoms with Crippen LogP contribution in [-0.4, -0.2) is 55.0 Å². The average Bonchev–Trinajstić information content (AvgIpc) is 2.30. The van der Waals surface area contributed by atoms with Crippen molar-refractivity contribution in [1.82, 2.24) is 14.2 Å². The number of rotatable bonds is 4. The van der Waals surface area contributed by atoms with Gasteiger partial charge in [-0.15, -0.1) is 0 Å². The summed E-state index contributed by atoms with van der Waals surface area (Å²) in [6.45, 7) is 6.24. The normalized spacial score (nSPS) is 22.0. The Balaban J connectivity index is 1.54. The van der Waals surface area contributed by atoms with Crippen LogP contribution in [-0.2, 0) is 23.0 Å². The summed E-state index contributed by atoms with van der Waals surface area (Å²) < 4.78 is 25.5. The minimum absolute atomic E-state index is 0.200. The van der Waals surface area contributed by atoms with Crippen molar-refractivity contribution in [1.29, 1.82) is 0 Å². The highest BCUT2D eigenvalue weighted by atomic mass is 79.9. The number of halogens is 1. The number of pyridine rings is 1. The van der Waals surface area contributed by atoms with Gasteiger partial charge in [-0.2, -0.15) is 0 Å². The summed E-state index contributed by atoms with van der Waals surface area (Å²) in [7, 11) is -3.01. The molecule has 5 nitrogen and oxygen atoms in total. The summed E-state index contributed by atoms with van der Waals surface area (Å²) in [6.07, 6.45) is 2.20. The third-order valence-corrected chi connectivity index (χ3v) is 6.23. The van der Waals surface area contributed by atoms with Crippen molar-refractivity contribution in [2.24, 2.45) is 5.41 Å². The Labute approximate surface area is 134 Å². The highest BCUT2D eigenvalue weighted by molar-refractivity contribution is 9.10. The Morgan fingerprint density at radius 3 is 2.52 bits per heavy atom. The van der Waals surface area contributed by atoms with Gasteiger partial charge >= 0.3 is 0 Å². The lowest BCUT2D eigenvalue weighted by atomic mass is 9.74. The van der Waals surface area contributed by atoms with Crippen LogP contribution in [0.5, 0.6) is 0 Å². The van der Waals surface area contributed by atoms with Crippen LogP contribution >= 0.6 is 15.9 Å². The summed E-state index contributed by atoms with van der Waals surface area (Å²) >= 11 is 3.51. The minimum atomic E-state index is -3.01. The van der Waals surface area contributed by atoms with Crippen LogP contribution in [0.25, 0.3) is 0 Å². The van der Waals surface area contributed by atoms with Crippen LogP contribution in [0.4, 0.5) is 0 Å². The SMILES string of the molecule is CCc1nc(CN2CC3(C2)CN(S(C)(=O)=O)C3)ccc1Br. The topological polar surface area (TPSA) is 53.5 Å². The van der Waals surface area contributed by atoms with Gasteiger partial charge in [-0.25, -0.2) is 12.7 Å². The van der Waals surface area contributed by atoms with E-state index in [1.54, 1.807) is 4.31 Å². The molecule has 0 aliphatic carbocycles. The molecule has 0 atom stereocenters. The highest BCUT2D eigenvalue weighted by Gasteiger charge is 2.53. The van der Waals surface area contributed by atoms with E-state index < -0.39 is 10.0 Å². The Hall–Kier alpha value is -0.500. The molecule has 0 amide bonds. The third-order valence-electron chi connectivity index (χ3n) is 4.31.